The standard InChI is InChI=1S/C15H16ClFN2S/c16-14-12(2-1-3-13(14)17)15(11-4-9-20-10-11)19-7-5-18-6-8-19/h1-4,9-10,15,18H,5-8H2/t15-/m0/s1. The van der Waals surface area contributed by atoms with Gasteiger partial charge in [-0.15, -0.1) is 0 Å². The van der Waals surface area contributed by atoms with Crippen LogP contribution in [-0.4, -0.2) is 31.1 Å². The van der Waals surface area contributed by atoms with Crippen LogP contribution in [0.25, 0.3) is 0 Å². The van der Waals surface area contributed by atoms with Gasteiger partial charge in [-0.3, -0.25) is 4.90 Å². The molecule has 106 valence electrons. The molecule has 1 aliphatic heterocycles. The molecular weight excluding hydrogens is 295 g/mol. The quantitative estimate of drug-likeness (QED) is 0.933. The van der Waals surface area contributed by atoms with Crippen LogP contribution in [0.5, 0.6) is 0 Å². The number of hydrogen-bond acceptors (Lipinski definition) is 3. The number of piperazine rings is 1. The minimum atomic E-state index is -0.348. The Labute approximate surface area is 127 Å². The maximum absolute atomic E-state index is 13.8. The molecule has 1 N–H and O–H groups in total. The van der Waals surface area contributed by atoms with E-state index in [-0.39, 0.29) is 16.9 Å². The number of nitrogens with zero attached hydrogens (tertiary/aromatic N) is 1. The van der Waals surface area contributed by atoms with Crippen LogP contribution in [0.3, 0.4) is 0 Å². The molecule has 3 rings (SSSR count). The molecule has 0 radical (unpaired) electrons. The van der Waals surface area contributed by atoms with Crippen LogP contribution in [0.2, 0.25) is 5.02 Å². The fourth-order valence-corrected chi connectivity index (χ4v) is 3.60. The molecule has 2 nitrogen and oxygen atoms in total. The van der Waals surface area contributed by atoms with Crippen molar-refractivity contribution in [1.82, 2.24) is 10.2 Å². The average Bonchev–Trinajstić information content (AvgIpc) is 2.99. The Morgan fingerprint density at radius 3 is 2.75 bits per heavy atom. The zero-order valence-corrected chi connectivity index (χ0v) is 12.6. The van der Waals surface area contributed by atoms with Crippen molar-refractivity contribution in [3.8, 4) is 0 Å². The van der Waals surface area contributed by atoms with Crippen molar-refractivity contribution in [2.75, 3.05) is 26.2 Å². The van der Waals surface area contributed by atoms with E-state index >= 15 is 0 Å². The molecule has 2 aromatic rings. The number of benzene rings is 1. The first kappa shape index (κ1) is 14.0. The topological polar surface area (TPSA) is 15.3 Å². The summed E-state index contributed by atoms with van der Waals surface area (Å²) < 4.78 is 13.8. The van der Waals surface area contributed by atoms with Crippen molar-refractivity contribution in [3.63, 3.8) is 0 Å². The Bertz CT molecular complexity index is 567. The summed E-state index contributed by atoms with van der Waals surface area (Å²) in [7, 11) is 0. The van der Waals surface area contributed by atoms with E-state index in [0.29, 0.717) is 0 Å². The van der Waals surface area contributed by atoms with Crippen molar-refractivity contribution >= 4 is 22.9 Å². The van der Waals surface area contributed by atoms with E-state index in [9.17, 15) is 4.39 Å². The molecule has 1 aliphatic rings. The summed E-state index contributed by atoms with van der Waals surface area (Å²) in [6.07, 6.45) is 0. The normalized spacial score (nSPS) is 18.1. The Morgan fingerprint density at radius 1 is 1.25 bits per heavy atom. The van der Waals surface area contributed by atoms with Gasteiger partial charge in [0.05, 0.1) is 11.1 Å². The van der Waals surface area contributed by atoms with E-state index in [2.05, 4.69) is 27.0 Å². The van der Waals surface area contributed by atoms with Gasteiger partial charge in [0.15, 0.2) is 0 Å². The second-order valence-electron chi connectivity index (χ2n) is 4.89. The third-order valence-corrected chi connectivity index (χ3v) is 4.75. The molecule has 0 bridgehead atoms. The van der Waals surface area contributed by atoms with Gasteiger partial charge in [0.25, 0.3) is 0 Å². The van der Waals surface area contributed by atoms with Gasteiger partial charge in [-0.1, -0.05) is 23.7 Å². The van der Waals surface area contributed by atoms with Crippen molar-refractivity contribution in [3.05, 3.63) is 57.0 Å². The van der Waals surface area contributed by atoms with Crippen LogP contribution in [-0.2, 0) is 0 Å². The summed E-state index contributed by atoms with van der Waals surface area (Å²) in [6, 6.07) is 7.20. The zero-order valence-electron chi connectivity index (χ0n) is 11.0. The molecule has 1 saturated heterocycles. The Hall–Kier alpha value is -0.940. The van der Waals surface area contributed by atoms with Gasteiger partial charge < -0.3 is 5.32 Å². The average molecular weight is 311 g/mol. The highest BCUT2D eigenvalue weighted by Gasteiger charge is 2.26. The van der Waals surface area contributed by atoms with Gasteiger partial charge in [-0.2, -0.15) is 11.3 Å². The first-order chi connectivity index (χ1) is 9.77. The van der Waals surface area contributed by atoms with Crippen molar-refractivity contribution in [1.29, 1.82) is 0 Å². The molecule has 0 amide bonds. The maximum Gasteiger partial charge on any atom is 0.142 e. The smallest absolute Gasteiger partial charge is 0.142 e. The number of halogens is 2. The van der Waals surface area contributed by atoms with Crippen LogP contribution >= 0.6 is 22.9 Å². The summed E-state index contributed by atoms with van der Waals surface area (Å²) >= 11 is 7.87. The summed E-state index contributed by atoms with van der Waals surface area (Å²) in [5.74, 6) is -0.348. The van der Waals surface area contributed by atoms with E-state index in [1.807, 2.05) is 6.07 Å². The van der Waals surface area contributed by atoms with Crippen LogP contribution < -0.4 is 5.32 Å². The fourth-order valence-electron chi connectivity index (χ4n) is 2.69. The maximum atomic E-state index is 13.8. The highest BCUT2D eigenvalue weighted by molar-refractivity contribution is 7.08. The summed E-state index contributed by atoms with van der Waals surface area (Å²) in [6.45, 7) is 3.78. The van der Waals surface area contributed by atoms with E-state index in [0.717, 1.165) is 31.7 Å². The summed E-state index contributed by atoms with van der Waals surface area (Å²) in [4.78, 5) is 2.36. The third kappa shape index (κ3) is 2.74. The van der Waals surface area contributed by atoms with Crippen molar-refractivity contribution < 1.29 is 4.39 Å². The van der Waals surface area contributed by atoms with E-state index in [4.69, 9.17) is 11.6 Å². The first-order valence-electron chi connectivity index (χ1n) is 6.68. The molecule has 0 saturated carbocycles. The van der Waals surface area contributed by atoms with Gasteiger partial charge in [-0.25, -0.2) is 4.39 Å². The van der Waals surface area contributed by atoms with Gasteiger partial charge in [0, 0.05) is 26.2 Å². The molecule has 1 atom stereocenters. The Morgan fingerprint density at radius 2 is 2.05 bits per heavy atom. The summed E-state index contributed by atoms with van der Waals surface area (Å²) in [5, 5.41) is 7.76. The van der Waals surface area contributed by atoms with Gasteiger partial charge in [-0.05, 0) is 34.0 Å². The van der Waals surface area contributed by atoms with E-state index in [1.165, 1.54) is 11.6 Å². The Kier molecular flexibility index (Phi) is 4.36. The zero-order chi connectivity index (χ0) is 13.9. The number of rotatable bonds is 3. The van der Waals surface area contributed by atoms with E-state index < -0.39 is 0 Å². The van der Waals surface area contributed by atoms with Crippen molar-refractivity contribution in [2.45, 2.75) is 6.04 Å². The molecule has 20 heavy (non-hydrogen) atoms. The van der Waals surface area contributed by atoms with Gasteiger partial charge in [0.2, 0.25) is 0 Å². The fraction of sp³-hybridized carbons (Fsp3) is 0.333. The molecule has 5 heteroatoms. The molecule has 1 aromatic heterocycles. The second-order valence-corrected chi connectivity index (χ2v) is 6.05. The number of hydrogen-bond donors (Lipinski definition) is 1. The third-order valence-electron chi connectivity index (χ3n) is 3.65. The van der Waals surface area contributed by atoms with E-state index in [1.54, 1.807) is 17.4 Å². The van der Waals surface area contributed by atoms with Crippen LogP contribution in [0, 0.1) is 5.82 Å². The predicted molar refractivity (Wildman–Crippen MR) is 82.0 cm³/mol. The summed E-state index contributed by atoms with van der Waals surface area (Å²) in [5.41, 5.74) is 2.04. The minimum Gasteiger partial charge on any atom is -0.314 e. The number of thiophene rings is 1. The lowest BCUT2D eigenvalue weighted by atomic mass is 9.98. The van der Waals surface area contributed by atoms with Crippen molar-refractivity contribution in [2.24, 2.45) is 0 Å². The first-order valence-corrected chi connectivity index (χ1v) is 8.00. The highest BCUT2D eigenvalue weighted by atomic mass is 35.5. The SMILES string of the molecule is Fc1cccc([C@H](c2ccsc2)N2CCNCC2)c1Cl. The molecule has 0 spiro atoms. The lowest BCUT2D eigenvalue weighted by Crippen LogP contribution is -2.45. The molecule has 0 unspecified atom stereocenters. The molecular formula is C15H16ClFN2S. The highest BCUT2D eigenvalue weighted by Crippen LogP contribution is 2.35. The molecule has 1 fully saturated rings. The van der Waals surface area contributed by atoms with Crippen LogP contribution in [0.15, 0.2) is 35.0 Å². The Balaban J connectivity index is 2.03. The molecule has 1 aromatic carbocycles. The second kappa shape index (κ2) is 6.22. The lowest BCUT2D eigenvalue weighted by molar-refractivity contribution is 0.198. The van der Waals surface area contributed by atoms with Gasteiger partial charge in [0.1, 0.15) is 5.82 Å². The van der Waals surface area contributed by atoms with Crippen LogP contribution in [0.4, 0.5) is 4.39 Å². The molecule has 0 aliphatic carbocycles. The largest absolute Gasteiger partial charge is 0.314 e. The molecule has 2 heterocycles. The monoisotopic (exact) mass is 310 g/mol. The van der Waals surface area contributed by atoms with Crippen LogP contribution in [0.1, 0.15) is 17.2 Å². The minimum absolute atomic E-state index is 0.0338. The number of nitrogens with one attached hydrogen (secondary N) is 1. The predicted octanol–water partition coefficient (Wildman–Crippen LogP) is 3.54. The van der Waals surface area contributed by atoms with Gasteiger partial charge >= 0.3 is 0 Å². The lowest BCUT2D eigenvalue weighted by Gasteiger charge is -2.35.